The fourth-order valence-electron chi connectivity index (χ4n) is 1.49. The Morgan fingerprint density at radius 2 is 2.00 bits per heavy atom. The zero-order valence-corrected chi connectivity index (χ0v) is 9.60. The van der Waals surface area contributed by atoms with E-state index in [0.717, 1.165) is 0 Å². The molecular formula is C12H17FO2. The van der Waals surface area contributed by atoms with Gasteiger partial charge in [-0.05, 0) is 38.0 Å². The van der Waals surface area contributed by atoms with E-state index in [2.05, 4.69) is 0 Å². The molecule has 0 aliphatic rings. The predicted molar refractivity (Wildman–Crippen MR) is 57.6 cm³/mol. The van der Waals surface area contributed by atoms with Gasteiger partial charge in [0, 0.05) is 5.56 Å². The normalized spacial score (nSPS) is 11.6. The first-order valence-corrected chi connectivity index (χ1v) is 4.99. The molecule has 0 aliphatic heterocycles. The molecule has 2 nitrogen and oxygen atoms in total. The minimum Gasteiger partial charge on any atom is -0.496 e. The van der Waals surface area contributed by atoms with Gasteiger partial charge in [-0.1, -0.05) is 6.92 Å². The molecule has 1 N–H and O–H groups in total. The highest BCUT2D eigenvalue weighted by Crippen LogP contribution is 2.29. The summed E-state index contributed by atoms with van der Waals surface area (Å²) in [5.74, 6) is 0.170. The zero-order chi connectivity index (χ0) is 11.6. The number of hydrogen-bond acceptors (Lipinski definition) is 2. The predicted octanol–water partition coefficient (Wildman–Crippen LogP) is 2.62. The fourth-order valence-corrected chi connectivity index (χ4v) is 1.49. The molecule has 0 amide bonds. The van der Waals surface area contributed by atoms with E-state index in [4.69, 9.17) is 4.74 Å². The van der Waals surface area contributed by atoms with Gasteiger partial charge in [0.1, 0.15) is 11.6 Å². The molecule has 0 bridgehead atoms. The molecule has 0 saturated heterocycles. The summed E-state index contributed by atoms with van der Waals surface area (Å²) in [4.78, 5) is 0. The number of hydrogen-bond donors (Lipinski definition) is 1. The largest absolute Gasteiger partial charge is 0.496 e. The topological polar surface area (TPSA) is 29.5 Å². The molecule has 1 aromatic carbocycles. The maximum atomic E-state index is 13.6. The average molecular weight is 212 g/mol. The number of halogens is 1. The third kappa shape index (κ3) is 2.48. The SMILES string of the molecule is CCc1c(F)cc(C(C)(C)O)cc1OC. The van der Waals surface area contributed by atoms with Crippen molar-refractivity contribution in [2.75, 3.05) is 7.11 Å². The smallest absolute Gasteiger partial charge is 0.130 e. The van der Waals surface area contributed by atoms with Crippen molar-refractivity contribution in [3.8, 4) is 5.75 Å². The molecule has 0 fully saturated rings. The van der Waals surface area contributed by atoms with Crippen molar-refractivity contribution >= 4 is 0 Å². The van der Waals surface area contributed by atoms with E-state index in [1.807, 2.05) is 6.92 Å². The zero-order valence-electron chi connectivity index (χ0n) is 9.60. The first-order chi connectivity index (χ1) is 6.90. The van der Waals surface area contributed by atoms with E-state index < -0.39 is 5.60 Å². The molecule has 0 aromatic heterocycles. The molecule has 84 valence electrons. The third-order valence-corrected chi connectivity index (χ3v) is 2.43. The summed E-state index contributed by atoms with van der Waals surface area (Å²) >= 11 is 0. The first kappa shape index (κ1) is 12.0. The van der Waals surface area contributed by atoms with Crippen molar-refractivity contribution in [1.82, 2.24) is 0 Å². The highest BCUT2D eigenvalue weighted by molar-refractivity contribution is 5.40. The van der Waals surface area contributed by atoms with Gasteiger partial charge in [-0.3, -0.25) is 0 Å². The summed E-state index contributed by atoms with van der Waals surface area (Å²) in [6.07, 6.45) is 0.571. The minimum atomic E-state index is -1.06. The highest BCUT2D eigenvalue weighted by atomic mass is 19.1. The maximum Gasteiger partial charge on any atom is 0.130 e. The van der Waals surface area contributed by atoms with Crippen molar-refractivity contribution in [2.45, 2.75) is 32.8 Å². The highest BCUT2D eigenvalue weighted by Gasteiger charge is 2.20. The lowest BCUT2D eigenvalue weighted by Gasteiger charge is -2.20. The van der Waals surface area contributed by atoms with E-state index >= 15 is 0 Å². The Kier molecular flexibility index (Phi) is 3.35. The molecule has 0 radical (unpaired) electrons. The quantitative estimate of drug-likeness (QED) is 0.834. The molecule has 0 spiro atoms. The maximum absolute atomic E-state index is 13.6. The van der Waals surface area contributed by atoms with Crippen molar-refractivity contribution in [3.05, 3.63) is 29.1 Å². The molecular weight excluding hydrogens is 195 g/mol. The van der Waals surface area contributed by atoms with Gasteiger partial charge in [-0.25, -0.2) is 4.39 Å². The second-order valence-electron chi connectivity index (χ2n) is 4.05. The first-order valence-electron chi connectivity index (χ1n) is 4.99. The van der Waals surface area contributed by atoms with Crippen molar-refractivity contribution in [3.63, 3.8) is 0 Å². The van der Waals surface area contributed by atoms with Gasteiger partial charge in [-0.2, -0.15) is 0 Å². The number of methoxy groups -OCH3 is 1. The molecule has 0 aliphatic carbocycles. The van der Waals surface area contributed by atoms with Gasteiger partial charge in [0.25, 0.3) is 0 Å². The third-order valence-electron chi connectivity index (χ3n) is 2.43. The van der Waals surface area contributed by atoms with Gasteiger partial charge >= 0.3 is 0 Å². The lowest BCUT2D eigenvalue weighted by Crippen LogP contribution is -2.16. The Morgan fingerprint density at radius 3 is 2.40 bits per heavy atom. The van der Waals surface area contributed by atoms with Crippen LogP contribution >= 0.6 is 0 Å². The van der Waals surface area contributed by atoms with Crippen LogP contribution in [0.4, 0.5) is 4.39 Å². The average Bonchev–Trinajstić information content (AvgIpc) is 2.15. The molecule has 3 heteroatoms. The van der Waals surface area contributed by atoms with Crippen LogP contribution in [0.3, 0.4) is 0 Å². The Hall–Kier alpha value is -1.09. The second kappa shape index (κ2) is 4.19. The van der Waals surface area contributed by atoms with Crippen molar-refractivity contribution in [1.29, 1.82) is 0 Å². The Labute approximate surface area is 89.7 Å². The van der Waals surface area contributed by atoms with Gasteiger partial charge in [0.05, 0.1) is 12.7 Å². The summed E-state index contributed by atoms with van der Waals surface area (Å²) in [6.45, 7) is 5.10. The summed E-state index contributed by atoms with van der Waals surface area (Å²) < 4.78 is 18.7. The van der Waals surface area contributed by atoms with Crippen LogP contribution in [0, 0.1) is 5.82 Å². The monoisotopic (exact) mass is 212 g/mol. The van der Waals surface area contributed by atoms with Crippen LogP contribution in [0.2, 0.25) is 0 Å². The number of ether oxygens (including phenoxy) is 1. The lowest BCUT2D eigenvalue weighted by atomic mass is 9.95. The number of benzene rings is 1. The van der Waals surface area contributed by atoms with Crippen molar-refractivity contribution in [2.24, 2.45) is 0 Å². The van der Waals surface area contributed by atoms with E-state index in [1.165, 1.54) is 13.2 Å². The van der Waals surface area contributed by atoms with Gasteiger partial charge in [0.15, 0.2) is 0 Å². The Bertz CT molecular complexity index is 353. The van der Waals surface area contributed by atoms with Crippen LogP contribution in [0.25, 0.3) is 0 Å². The van der Waals surface area contributed by atoms with E-state index in [1.54, 1.807) is 19.9 Å². The summed E-state index contributed by atoms with van der Waals surface area (Å²) in [7, 11) is 1.50. The van der Waals surface area contributed by atoms with E-state index in [-0.39, 0.29) is 5.82 Å². The fraction of sp³-hybridized carbons (Fsp3) is 0.500. The molecule has 0 heterocycles. The minimum absolute atomic E-state index is 0.325. The Balaban J connectivity index is 3.32. The van der Waals surface area contributed by atoms with Crippen LogP contribution in [-0.2, 0) is 12.0 Å². The second-order valence-corrected chi connectivity index (χ2v) is 4.05. The summed E-state index contributed by atoms with van der Waals surface area (Å²) in [5, 5.41) is 9.77. The lowest BCUT2D eigenvalue weighted by molar-refractivity contribution is 0.0779. The molecule has 1 rings (SSSR count). The molecule has 0 atom stereocenters. The van der Waals surface area contributed by atoms with E-state index in [9.17, 15) is 9.50 Å². The van der Waals surface area contributed by atoms with Gasteiger partial charge in [0.2, 0.25) is 0 Å². The molecule has 0 saturated carbocycles. The van der Waals surface area contributed by atoms with Crippen LogP contribution in [-0.4, -0.2) is 12.2 Å². The molecule has 1 aromatic rings. The van der Waals surface area contributed by atoms with Crippen LogP contribution < -0.4 is 4.74 Å². The summed E-state index contributed by atoms with van der Waals surface area (Å²) in [5.41, 5.74) is 0.0139. The van der Waals surface area contributed by atoms with Crippen molar-refractivity contribution < 1.29 is 14.2 Å². The number of rotatable bonds is 3. The van der Waals surface area contributed by atoms with E-state index in [0.29, 0.717) is 23.3 Å². The molecule has 15 heavy (non-hydrogen) atoms. The van der Waals surface area contributed by atoms with Crippen LogP contribution in [0.5, 0.6) is 5.75 Å². The Morgan fingerprint density at radius 1 is 1.40 bits per heavy atom. The standard InChI is InChI=1S/C12H17FO2/c1-5-9-10(13)6-8(12(2,3)14)7-11(9)15-4/h6-7,14H,5H2,1-4H3. The molecule has 0 unspecified atom stereocenters. The van der Waals surface area contributed by atoms with Gasteiger partial charge < -0.3 is 9.84 Å². The van der Waals surface area contributed by atoms with Gasteiger partial charge in [-0.15, -0.1) is 0 Å². The number of aliphatic hydroxyl groups is 1. The van der Waals surface area contributed by atoms with Crippen LogP contribution in [0.15, 0.2) is 12.1 Å². The summed E-state index contributed by atoms with van der Waals surface area (Å²) in [6, 6.07) is 3.04. The van der Waals surface area contributed by atoms with Crippen LogP contribution in [0.1, 0.15) is 31.9 Å².